The van der Waals surface area contributed by atoms with E-state index < -0.39 is 7.53 Å². The van der Waals surface area contributed by atoms with Crippen molar-refractivity contribution in [3.05, 3.63) is 163 Å². The summed E-state index contributed by atoms with van der Waals surface area (Å²) in [6.07, 6.45) is 10.2. The summed E-state index contributed by atoms with van der Waals surface area (Å²) in [5.41, 5.74) is 9.67. The Morgan fingerprint density at radius 1 is 0.489 bits per heavy atom. The smallest absolute Gasteiger partial charge is 0.00683 e. The number of benzene rings is 7. The van der Waals surface area contributed by atoms with Gasteiger partial charge in [0.2, 0.25) is 0 Å². The summed E-state index contributed by atoms with van der Waals surface area (Å²) in [5.74, 6) is 0.347. The molecule has 0 saturated carbocycles. The highest BCUT2D eigenvalue weighted by Gasteiger charge is 2.31. The van der Waals surface area contributed by atoms with E-state index in [0.717, 1.165) is 6.42 Å². The standard InChI is InChI=1S/C44H29P/c1-2-12-29(13-3-1)41-34-18-4-5-19-35(34)42(44-37-21-11-15-28-14-10-20-36(40(28)37)43(41)44)30-24-26-31(27-25-30)45-38-22-8-6-16-32(38)33-17-7-9-23-39(33)45/h1-12,14-27,29H,13H2. The summed E-state index contributed by atoms with van der Waals surface area (Å²) in [4.78, 5) is 0. The third-order valence-corrected chi connectivity index (χ3v) is 12.6. The third-order valence-electron chi connectivity index (χ3n) is 10.0. The van der Waals surface area contributed by atoms with E-state index in [-0.39, 0.29) is 0 Å². The predicted molar refractivity (Wildman–Crippen MR) is 196 cm³/mol. The van der Waals surface area contributed by atoms with Gasteiger partial charge in [-0.3, -0.25) is 0 Å². The van der Waals surface area contributed by atoms with Crippen molar-refractivity contribution in [2.45, 2.75) is 12.3 Å². The van der Waals surface area contributed by atoms with Crippen LogP contribution in [0.15, 0.2) is 158 Å². The van der Waals surface area contributed by atoms with Crippen LogP contribution >= 0.6 is 7.53 Å². The Balaban J connectivity index is 1.27. The molecule has 0 bridgehead atoms. The van der Waals surface area contributed by atoms with E-state index in [2.05, 4.69) is 158 Å². The molecule has 1 atom stereocenters. The molecule has 0 nitrogen and oxygen atoms in total. The predicted octanol–water partition coefficient (Wildman–Crippen LogP) is 13.2. The van der Waals surface area contributed by atoms with Crippen LogP contribution < -0.4 is 0 Å². The molecule has 0 amide bonds. The van der Waals surface area contributed by atoms with Crippen molar-refractivity contribution in [1.29, 1.82) is 0 Å². The summed E-state index contributed by atoms with van der Waals surface area (Å²) >= 11 is 0. The fourth-order valence-electron chi connectivity index (χ4n) is 8.23. The van der Waals surface area contributed by atoms with Crippen molar-refractivity contribution in [3.8, 4) is 38.7 Å². The normalized spacial score (nSPS) is 15.1. The Kier molecular flexibility index (Phi) is 5.41. The average molecular weight is 589 g/mol. The van der Waals surface area contributed by atoms with Gasteiger partial charge in [-0.05, 0) is 83.0 Å². The van der Waals surface area contributed by atoms with E-state index in [1.165, 1.54) is 86.8 Å². The van der Waals surface area contributed by atoms with Gasteiger partial charge >= 0.3 is 0 Å². The maximum absolute atomic E-state index is 2.41. The molecule has 1 heteroatoms. The number of fused-ring (bicyclic) bond motifs is 7. The van der Waals surface area contributed by atoms with E-state index in [4.69, 9.17) is 0 Å². The first-order chi connectivity index (χ1) is 22.4. The average Bonchev–Trinajstić information content (AvgIpc) is 3.62. The molecule has 0 spiro atoms. The second-order valence-corrected chi connectivity index (χ2v) is 14.5. The fraction of sp³-hybridized carbons (Fsp3) is 0.0455. The van der Waals surface area contributed by atoms with Crippen molar-refractivity contribution in [1.82, 2.24) is 0 Å². The van der Waals surface area contributed by atoms with Crippen molar-refractivity contribution in [2.75, 3.05) is 0 Å². The van der Waals surface area contributed by atoms with Crippen LogP contribution in [0.5, 0.6) is 0 Å². The molecule has 0 aliphatic heterocycles. The Hall–Kier alpha value is -5.16. The van der Waals surface area contributed by atoms with Crippen molar-refractivity contribution in [3.63, 3.8) is 0 Å². The topological polar surface area (TPSA) is 0 Å². The van der Waals surface area contributed by atoms with Crippen LogP contribution in [0.3, 0.4) is 0 Å². The van der Waals surface area contributed by atoms with E-state index in [0.29, 0.717) is 5.92 Å². The van der Waals surface area contributed by atoms with Crippen molar-refractivity contribution in [2.24, 2.45) is 0 Å². The molecule has 45 heavy (non-hydrogen) atoms. The van der Waals surface area contributed by atoms with Gasteiger partial charge in [-0.1, -0.05) is 165 Å². The van der Waals surface area contributed by atoms with Gasteiger partial charge in [0.05, 0.1) is 0 Å². The maximum atomic E-state index is 2.41. The minimum atomic E-state index is -0.586. The first-order valence-corrected chi connectivity index (χ1v) is 17.2. The van der Waals surface area contributed by atoms with Crippen LogP contribution in [0, 0.1) is 0 Å². The largest absolute Gasteiger partial charge is 0.0836 e. The number of hydrogen-bond donors (Lipinski definition) is 0. The van der Waals surface area contributed by atoms with Crippen LogP contribution in [-0.4, -0.2) is 0 Å². The second kappa shape index (κ2) is 9.67. The molecule has 0 N–H and O–H groups in total. The highest BCUT2D eigenvalue weighted by Crippen LogP contribution is 2.58. The number of allylic oxidation sites excluding steroid dienone is 4. The van der Waals surface area contributed by atoms with Crippen LogP contribution in [0.25, 0.3) is 81.2 Å². The molecule has 2 aliphatic rings. The summed E-state index contributed by atoms with van der Waals surface area (Å²) in [7, 11) is -0.586. The summed E-state index contributed by atoms with van der Waals surface area (Å²) in [6.45, 7) is 0. The van der Waals surface area contributed by atoms with Gasteiger partial charge in [-0.2, -0.15) is 0 Å². The zero-order valence-corrected chi connectivity index (χ0v) is 25.6. The Bertz CT molecular complexity index is 2500. The molecule has 1 heterocycles. The highest BCUT2D eigenvalue weighted by molar-refractivity contribution is 7.67. The Labute approximate surface area is 263 Å². The molecular formula is C44H29P. The van der Waals surface area contributed by atoms with Crippen molar-refractivity contribution < 1.29 is 0 Å². The van der Waals surface area contributed by atoms with Gasteiger partial charge in [0.25, 0.3) is 0 Å². The zero-order valence-electron chi connectivity index (χ0n) is 24.7. The number of hydrogen-bond acceptors (Lipinski definition) is 0. The Morgan fingerprint density at radius 2 is 1.11 bits per heavy atom. The fourth-order valence-corrected chi connectivity index (χ4v) is 10.8. The third kappa shape index (κ3) is 3.55. The van der Waals surface area contributed by atoms with Gasteiger partial charge < -0.3 is 0 Å². The van der Waals surface area contributed by atoms with Gasteiger partial charge in [-0.15, -0.1) is 0 Å². The van der Waals surface area contributed by atoms with Crippen molar-refractivity contribution >= 4 is 50.1 Å². The lowest BCUT2D eigenvalue weighted by atomic mass is 9.79. The molecule has 0 radical (unpaired) electrons. The first-order valence-electron chi connectivity index (χ1n) is 15.9. The van der Waals surface area contributed by atoms with Gasteiger partial charge in [0.1, 0.15) is 0 Å². The summed E-state index contributed by atoms with van der Waals surface area (Å²) in [6, 6.07) is 50.4. The summed E-state index contributed by atoms with van der Waals surface area (Å²) in [5, 5.41) is 12.5. The molecule has 7 aromatic carbocycles. The molecular weight excluding hydrogens is 559 g/mol. The molecule has 1 aromatic heterocycles. The molecule has 0 fully saturated rings. The SMILES string of the molecule is C1=CCC(c2c3c(c(-c4ccc(-p5c6ccccc6c6ccccc65)cc4)c4ccccc24)-c2cccc4cccc-3c24)C=C1. The van der Waals surface area contributed by atoms with Crippen LogP contribution in [0.1, 0.15) is 17.9 Å². The van der Waals surface area contributed by atoms with Crippen LogP contribution in [0.2, 0.25) is 0 Å². The van der Waals surface area contributed by atoms with E-state index in [9.17, 15) is 0 Å². The van der Waals surface area contributed by atoms with Gasteiger partial charge in [0.15, 0.2) is 0 Å². The highest BCUT2D eigenvalue weighted by atomic mass is 31.1. The van der Waals surface area contributed by atoms with Crippen LogP contribution in [0.4, 0.5) is 0 Å². The molecule has 0 saturated heterocycles. The first kappa shape index (κ1) is 25.2. The van der Waals surface area contributed by atoms with E-state index in [1.54, 1.807) is 0 Å². The summed E-state index contributed by atoms with van der Waals surface area (Å²) < 4.78 is 0. The lowest BCUT2D eigenvalue weighted by molar-refractivity contribution is 0.865. The van der Waals surface area contributed by atoms with Gasteiger partial charge in [-0.25, -0.2) is 0 Å². The zero-order chi connectivity index (χ0) is 29.5. The molecule has 1 unspecified atom stereocenters. The lowest BCUT2D eigenvalue weighted by Gasteiger charge is -2.24. The molecule has 10 rings (SSSR count). The van der Waals surface area contributed by atoms with Crippen LogP contribution in [-0.2, 0) is 0 Å². The van der Waals surface area contributed by atoms with E-state index in [1.807, 2.05) is 0 Å². The Morgan fingerprint density at radius 3 is 1.78 bits per heavy atom. The minimum absolute atomic E-state index is 0.347. The molecule has 8 aromatic rings. The monoisotopic (exact) mass is 588 g/mol. The van der Waals surface area contributed by atoms with E-state index >= 15 is 0 Å². The quantitative estimate of drug-likeness (QED) is 0.193. The maximum Gasteiger partial charge on any atom is 0.00683 e. The molecule has 210 valence electrons. The lowest BCUT2D eigenvalue weighted by Crippen LogP contribution is -2.02. The minimum Gasteiger partial charge on any atom is -0.0836 e. The molecule has 2 aliphatic carbocycles. The van der Waals surface area contributed by atoms with Gasteiger partial charge in [0, 0.05) is 16.2 Å². The number of rotatable bonds is 3. The second-order valence-electron chi connectivity index (χ2n) is 12.4.